The maximum atomic E-state index is 11.6. The van der Waals surface area contributed by atoms with Crippen LogP contribution < -0.4 is 10.1 Å². The van der Waals surface area contributed by atoms with Crippen LogP contribution in [0.5, 0.6) is 5.75 Å². The minimum Gasteiger partial charge on any atom is -0.487 e. The van der Waals surface area contributed by atoms with Crippen molar-refractivity contribution >= 4 is 17.2 Å². The van der Waals surface area contributed by atoms with Gasteiger partial charge in [0.2, 0.25) is 5.91 Å². The van der Waals surface area contributed by atoms with Gasteiger partial charge in [0.15, 0.2) is 0 Å². The first-order valence-electron chi connectivity index (χ1n) is 8.93. The Labute approximate surface area is 152 Å². The van der Waals surface area contributed by atoms with Crippen LogP contribution in [0.15, 0.2) is 41.1 Å². The van der Waals surface area contributed by atoms with Crippen LogP contribution in [0.1, 0.15) is 43.4 Å². The van der Waals surface area contributed by atoms with Crippen molar-refractivity contribution in [1.82, 2.24) is 10.2 Å². The number of hydrogen-bond donors (Lipinski definition) is 1. The number of carbonyl (C=O) groups excluding carboxylic acids is 1. The summed E-state index contributed by atoms with van der Waals surface area (Å²) in [5.74, 6) is 1.16. The van der Waals surface area contributed by atoms with Gasteiger partial charge in [-0.2, -0.15) is 11.3 Å². The van der Waals surface area contributed by atoms with E-state index < -0.39 is 0 Å². The molecule has 2 aliphatic rings. The lowest BCUT2D eigenvalue weighted by Gasteiger charge is -2.47. The van der Waals surface area contributed by atoms with Crippen molar-refractivity contribution in [3.8, 4) is 5.75 Å². The average molecular weight is 356 g/mol. The summed E-state index contributed by atoms with van der Waals surface area (Å²) < 4.78 is 6.48. The van der Waals surface area contributed by atoms with E-state index in [4.69, 9.17) is 4.74 Å². The number of nitrogens with zero attached hydrogens (tertiary/aromatic N) is 1. The van der Waals surface area contributed by atoms with Gasteiger partial charge in [-0.15, -0.1) is 0 Å². The molecule has 1 spiro atoms. The standard InChI is InChI=1S/C20H24N2O2S/c1-15(23)22-9-7-20(8-10-22)12-18(21-13-16-6-11-25-14-16)17-4-2-3-5-19(17)24-20/h2-6,11,14,18,21H,7-10,12-13H2,1H3/t18-/m0/s1. The van der Waals surface area contributed by atoms with E-state index in [0.717, 1.165) is 44.6 Å². The Morgan fingerprint density at radius 2 is 2.12 bits per heavy atom. The molecule has 4 nitrogen and oxygen atoms in total. The monoisotopic (exact) mass is 356 g/mol. The molecule has 3 heterocycles. The molecule has 2 aliphatic heterocycles. The van der Waals surface area contributed by atoms with Crippen LogP contribution in [0.4, 0.5) is 0 Å². The van der Waals surface area contributed by atoms with Crippen LogP contribution in [0.3, 0.4) is 0 Å². The highest BCUT2D eigenvalue weighted by molar-refractivity contribution is 7.07. The predicted octanol–water partition coefficient (Wildman–Crippen LogP) is 3.74. The molecule has 1 N–H and O–H groups in total. The van der Waals surface area contributed by atoms with Crippen LogP contribution in [0.2, 0.25) is 0 Å². The summed E-state index contributed by atoms with van der Waals surface area (Å²) in [5.41, 5.74) is 2.42. The van der Waals surface area contributed by atoms with Crippen LogP contribution in [-0.2, 0) is 11.3 Å². The minimum absolute atomic E-state index is 0.160. The summed E-state index contributed by atoms with van der Waals surface area (Å²) in [6.07, 6.45) is 2.76. The van der Waals surface area contributed by atoms with Gasteiger partial charge in [0.25, 0.3) is 0 Å². The van der Waals surface area contributed by atoms with Gasteiger partial charge in [0.05, 0.1) is 0 Å². The van der Waals surface area contributed by atoms with E-state index in [1.807, 2.05) is 11.0 Å². The second kappa shape index (κ2) is 6.81. The Morgan fingerprint density at radius 1 is 1.32 bits per heavy atom. The van der Waals surface area contributed by atoms with E-state index >= 15 is 0 Å². The van der Waals surface area contributed by atoms with Crippen LogP contribution in [0.25, 0.3) is 0 Å². The van der Waals surface area contributed by atoms with E-state index in [1.165, 1.54) is 11.1 Å². The fourth-order valence-electron chi connectivity index (χ4n) is 3.97. The van der Waals surface area contributed by atoms with Crippen LogP contribution >= 0.6 is 11.3 Å². The molecule has 25 heavy (non-hydrogen) atoms. The van der Waals surface area contributed by atoms with Gasteiger partial charge >= 0.3 is 0 Å². The molecule has 5 heteroatoms. The van der Waals surface area contributed by atoms with Crippen molar-refractivity contribution in [2.75, 3.05) is 13.1 Å². The van der Waals surface area contributed by atoms with Gasteiger partial charge in [-0.25, -0.2) is 0 Å². The van der Waals surface area contributed by atoms with Crippen molar-refractivity contribution in [1.29, 1.82) is 0 Å². The third-order valence-electron chi connectivity index (χ3n) is 5.45. The molecule has 0 bridgehead atoms. The summed E-state index contributed by atoms with van der Waals surface area (Å²) in [6.45, 7) is 4.10. The summed E-state index contributed by atoms with van der Waals surface area (Å²) in [5, 5.41) is 8.04. The number of fused-ring (bicyclic) bond motifs is 1. The number of piperidine rings is 1. The summed E-state index contributed by atoms with van der Waals surface area (Å²) in [4.78, 5) is 13.6. The second-order valence-corrected chi connectivity index (χ2v) is 7.88. The molecule has 2 aromatic rings. The van der Waals surface area contributed by atoms with Gasteiger partial charge < -0.3 is 15.0 Å². The van der Waals surface area contributed by atoms with Crippen molar-refractivity contribution in [2.24, 2.45) is 0 Å². The lowest BCUT2D eigenvalue weighted by atomic mass is 9.80. The lowest BCUT2D eigenvalue weighted by Crippen LogP contribution is -2.52. The fraction of sp³-hybridized carbons (Fsp3) is 0.450. The number of nitrogens with one attached hydrogen (secondary N) is 1. The highest BCUT2D eigenvalue weighted by Crippen LogP contribution is 2.44. The number of carbonyl (C=O) groups is 1. The van der Waals surface area contributed by atoms with Gasteiger partial charge in [0.1, 0.15) is 11.4 Å². The highest BCUT2D eigenvalue weighted by Gasteiger charge is 2.43. The summed E-state index contributed by atoms with van der Waals surface area (Å²) >= 11 is 1.73. The number of para-hydroxylation sites is 1. The highest BCUT2D eigenvalue weighted by atomic mass is 32.1. The lowest BCUT2D eigenvalue weighted by molar-refractivity contribution is -0.133. The van der Waals surface area contributed by atoms with Crippen molar-refractivity contribution in [3.05, 3.63) is 52.2 Å². The number of rotatable bonds is 3. The number of ether oxygens (including phenoxy) is 1. The summed E-state index contributed by atoms with van der Waals surface area (Å²) in [7, 11) is 0. The number of likely N-dealkylation sites (tertiary alicyclic amines) is 1. The van der Waals surface area contributed by atoms with E-state index in [1.54, 1.807) is 18.3 Å². The number of hydrogen-bond acceptors (Lipinski definition) is 4. The fourth-order valence-corrected chi connectivity index (χ4v) is 4.64. The van der Waals surface area contributed by atoms with Gasteiger partial charge in [-0.1, -0.05) is 18.2 Å². The molecular weight excluding hydrogens is 332 g/mol. The number of benzene rings is 1. The van der Waals surface area contributed by atoms with Gasteiger partial charge in [0, 0.05) is 57.4 Å². The van der Waals surface area contributed by atoms with Crippen LogP contribution in [0, 0.1) is 0 Å². The quantitative estimate of drug-likeness (QED) is 0.911. The SMILES string of the molecule is CC(=O)N1CCC2(CC1)C[C@H](NCc1ccsc1)c1ccccc1O2. The topological polar surface area (TPSA) is 41.6 Å². The molecule has 1 aromatic heterocycles. The largest absolute Gasteiger partial charge is 0.487 e. The smallest absolute Gasteiger partial charge is 0.219 e. The molecule has 4 rings (SSSR count). The molecule has 1 amide bonds. The zero-order valence-corrected chi connectivity index (χ0v) is 15.3. The number of thiophene rings is 1. The zero-order valence-electron chi connectivity index (χ0n) is 14.5. The van der Waals surface area contributed by atoms with Gasteiger partial charge in [-0.05, 0) is 28.5 Å². The minimum atomic E-state index is -0.160. The Hall–Kier alpha value is -1.85. The molecule has 1 fully saturated rings. The Bertz CT molecular complexity index is 736. The Balaban J connectivity index is 1.53. The van der Waals surface area contributed by atoms with E-state index in [0.29, 0.717) is 0 Å². The van der Waals surface area contributed by atoms with E-state index in [9.17, 15) is 4.79 Å². The molecule has 0 aliphatic carbocycles. The first kappa shape index (κ1) is 16.6. The maximum absolute atomic E-state index is 11.6. The normalized spacial score (nSPS) is 21.6. The Morgan fingerprint density at radius 3 is 2.84 bits per heavy atom. The molecule has 1 atom stereocenters. The first-order valence-corrected chi connectivity index (χ1v) is 9.87. The Kier molecular flexibility index (Phi) is 4.52. The molecule has 132 valence electrons. The van der Waals surface area contributed by atoms with Crippen molar-refractivity contribution < 1.29 is 9.53 Å². The maximum Gasteiger partial charge on any atom is 0.219 e. The van der Waals surface area contributed by atoms with E-state index in [-0.39, 0.29) is 17.6 Å². The van der Waals surface area contributed by atoms with Crippen molar-refractivity contribution in [3.63, 3.8) is 0 Å². The first-order chi connectivity index (χ1) is 12.2. The molecule has 0 saturated carbocycles. The average Bonchev–Trinajstić information content (AvgIpc) is 3.13. The second-order valence-electron chi connectivity index (χ2n) is 7.10. The third kappa shape index (κ3) is 3.44. The van der Waals surface area contributed by atoms with Gasteiger partial charge in [-0.3, -0.25) is 4.79 Å². The third-order valence-corrected chi connectivity index (χ3v) is 6.18. The van der Waals surface area contributed by atoms with Crippen LogP contribution in [-0.4, -0.2) is 29.5 Å². The molecule has 1 aromatic carbocycles. The molecule has 0 unspecified atom stereocenters. The molecule has 0 radical (unpaired) electrons. The van der Waals surface area contributed by atoms with E-state index in [2.05, 4.69) is 40.3 Å². The molecule has 1 saturated heterocycles. The molecular formula is C20H24N2O2S. The number of amides is 1. The zero-order chi connectivity index (χ0) is 17.3. The summed E-state index contributed by atoms with van der Waals surface area (Å²) in [6, 6.07) is 10.8. The predicted molar refractivity (Wildman–Crippen MR) is 99.8 cm³/mol. The van der Waals surface area contributed by atoms with Crippen molar-refractivity contribution in [2.45, 2.75) is 44.4 Å².